The van der Waals surface area contributed by atoms with Gasteiger partial charge in [0, 0.05) is 35.1 Å². The van der Waals surface area contributed by atoms with Gasteiger partial charge >= 0.3 is 17.2 Å². The highest BCUT2D eigenvalue weighted by atomic mass is 31.2. The minimum atomic E-state index is -2.10. The second kappa shape index (κ2) is 17.1. The van der Waals surface area contributed by atoms with Crippen LogP contribution in [0.3, 0.4) is 0 Å². The fourth-order valence-corrected chi connectivity index (χ4v) is 11.9. The van der Waals surface area contributed by atoms with Gasteiger partial charge in [0.05, 0.1) is 6.61 Å². The molecule has 4 aliphatic heterocycles. The molecule has 0 amide bonds. The summed E-state index contributed by atoms with van der Waals surface area (Å²) in [7, 11) is -4.11. The molecule has 4 aromatic rings. The quantitative estimate of drug-likeness (QED) is 0.182. The Morgan fingerprint density at radius 3 is 1.18 bits per heavy atom. The summed E-state index contributed by atoms with van der Waals surface area (Å²) in [5, 5.41) is 0. The number of aryl methyl sites for hydroxylation is 4. The van der Waals surface area contributed by atoms with Gasteiger partial charge in [-0.2, -0.15) is 0 Å². The number of hydrogen-bond acceptors (Lipinski definition) is 9. The van der Waals surface area contributed by atoms with Crippen LogP contribution in [-0.2, 0) is 57.8 Å². The number of fused-ring (bicyclic) bond motifs is 5. The van der Waals surface area contributed by atoms with Crippen LogP contribution in [0.4, 0.5) is 0 Å². The lowest BCUT2D eigenvalue weighted by Gasteiger charge is -2.34. The third-order valence-corrected chi connectivity index (χ3v) is 14.6. The van der Waals surface area contributed by atoms with E-state index in [4.69, 9.17) is 41.4 Å². The topological polar surface area (TPSA) is 83.1 Å². The first kappa shape index (κ1) is 48.2. The van der Waals surface area contributed by atoms with Crippen LogP contribution in [-0.4, -0.2) is 37.0 Å². The van der Waals surface area contributed by atoms with E-state index in [1.165, 1.54) is 22.3 Å². The fourth-order valence-electron chi connectivity index (χ4n) is 9.46. The molecule has 0 aromatic heterocycles. The van der Waals surface area contributed by atoms with Gasteiger partial charge in [0.15, 0.2) is 12.1 Å². The molecule has 4 atom stereocenters. The number of rotatable bonds is 5. The molecule has 4 aliphatic rings. The van der Waals surface area contributed by atoms with E-state index in [0.717, 1.165) is 67.5 Å². The fraction of sp³-hybridized carbons (Fsp3) is 0.556. The Bertz CT molecular complexity index is 2320. The zero-order chi connectivity index (χ0) is 47.3. The van der Waals surface area contributed by atoms with E-state index in [9.17, 15) is 0 Å². The summed E-state index contributed by atoms with van der Waals surface area (Å²) in [6, 6.07) is 17.8. The van der Waals surface area contributed by atoms with Crippen LogP contribution in [0, 0.1) is 27.7 Å². The zero-order valence-electron chi connectivity index (χ0n) is 42.1. The second-order valence-electron chi connectivity index (χ2n) is 23.4. The van der Waals surface area contributed by atoms with Crippen LogP contribution < -0.4 is 18.1 Å². The maximum atomic E-state index is 7.20. The number of hydrogen-bond donors (Lipinski definition) is 0. The van der Waals surface area contributed by atoms with Gasteiger partial charge in [-0.05, 0) is 85.5 Å². The third-order valence-electron chi connectivity index (χ3n) is 12.5. The third kappa shape index (κ3) is 10.1. The first-order valence-corrected chi connectivity index (χ1v) is 25.4. The molecule has 0 N–H and O–H groups in total. The Balaban J connectivity index is 1.19. The monoisotopic (exact) mass is 926 g/mol. The zero-order valence-corrected chi connectivity index (χ0v) is 43.9. The Kier molecular flexibility index (Phi) is 12.6. The first-order valence-electron chi connectivity index (χ1n) is 23.2. The van der Waals surface area contributed by atoms with E-state index in [2.05, 4.69) is 159 Å². The molecule has 65 heavy (non-hydrogen) atoms. The maximum absolute atomic E-state index is 7.20. The molecule has 0 saturated carbocycles. The molecular formula is C54H72O9P2. The molecule has 0 radical (unpaired) electrons. The van der Waals surface area contributed by atoms with Crippen molar-refractivity contribution in [1.29, 1.82) is 0 Å². The van der Waals surface area contributed by atoms with Crippen molar-refractivity contribution in [3.63, 3.8) is 0 Å². The van der Waals surface area contributed by atoms with Crippen molar-refractivity contribution in [1.82, 2.24) is 0 Å². The van der Waals surface area contributed by atoms with E-state index in [1.807, 2.05) is 13.8 Å². The van der Waals surface area contributed by atoms with Crippen LogP contribution in [0.1, 0.15) is 164 Å². The lowest BCUT2D eigenvalue weighted by atomic mass is 9.81. The molecular weight excluding hydrogens is 855 g/mol. The van der Waals surface area contributed by atoms with Gasteiger partial charge in [-0.3, -0.25) is 9.05 Å². The van der Waals surface area contributed by atoms with Crippen LogP contribution in [0.2, 0.25) is 0 Å². The summed E-state index contributed by atoms with van der Waals surface area (Å²) in [6.07, 6.45) is -1.37. The molecule has 8 rings (SSSR count). The largest absolute Gasteiger partial charge is 0.463 e. The van der Waals surface area contributed by atoms with Crippen molar-refractivity contribution in [2.75, 3.05) is 6.61 Å². The van der Waals surface area contributed by atoms with Crippen molar-refractivity contribution in [2.24, 2.45) is 0 Å². The molecule has 0 aliphatic carbocycles. The molecule has 4 aromatic carbocycles. The Morgan fingerprint density at radius 1 is 0.508 bits per heavy atom. The van der Waals surface area contributed by atoms with E-state index in [-0.39, 0.29) is 28.3 Å². The van der Waals surface area contributed by atoms with Gasteiger partial charge < -0.3 is 32.3 Å². The van der Waals surface area contributed by atoms with Crippen molar-refractivity contribution >= 4 is 17.2 Å². The smallest absolute Gasteiger partial charge is 0.417 e. The Labute approximate surface area is 391 Å². The molecule has 9 nitrogen and oxygen atoms in total. The SMILES string of the molecule is Cc1cc2c(c(C(C)(C)C)c1)OP(OC[C@H]1O[C@@H]3OC(C)(C)O[C@@H]3[C@H]1OP1Oc3c(cc(C)cc3C(C)(C)C)Cc3cc(C)cc(C(C)(C)C)c3O1)Oc1c(cc(C)cc1C(C)(C)C)C2. The summed E-state index contributed by atoms with van der Waals surface area (Å²) < 4.78 is 62.0. The molecule has 4 heterocycles. The van der Waals surface area contributed by atoms with Gasteiger partial charge in [0.25, 0.3) is 0 Å². The molecule has 352 valence electrons. The Morgan fingerprint density at radius 2 is 0.846 bits per heavy atom. The predicted octanol–water partition coefficient (Wildman–Crippen LogP) is 14.3. The van der Waals surface area contributed by atoms with E-state index in [0.29, 0.717) is 12.8 Å². The molecule has 0 bridgehead atoms. The van der Waals surface area contributed by atoms with E-state index < -0.39 is 47.6 Å². The van der Waals surface area contributed by atoms with Gasteiger partial charge in [0.2, 0.25) is 0 Å². The lowest BCUT2D eigenvalue weighted by molar-refractivity contribution is -0.216. The van der Waals surface area contributed by atoms with Gasteiger partial charge in [0.1, 0.15) is 41.3 Å². The molecule has 0 spiro atoms. The minimum Gasteiger partial charge on any atom is -0.417 e. The average molecular weight is 927 g/mol. The summed E-state index contributed by atoms with van der Waals surface area (Å²) >= 11 is 0. The van der Waals surface area contributed by atoms with Gasteiger partial charge in [-0.15, -0.1) is 0 Å². The Hall–Kier alpha value is -3.26. The summed E-state index contributed by atoms with van der Waals surface area (Å²) in [5.74, 6) is 2.28. The molecule has 0 unspecified atom stereocenters. The van der Waals surface area contributed by atoms with Gasteiger partial charge in [-0.25, -0.2) is 0 Å². The average Bonchev–Trinajstić information content (AvgIpc) is 3.61. The molecule has 2 saturated heterocycles. The lowest BCUT2D eigenvalue weighted by Crippen LogP contribution is -2.38. The van der Waals surface area contributed by atoms with Crippen molar-refractivity contribution < 1.29 is 41.4 Å². The van der Waals surface area contributed by atoms with Crippen LogP contribution in [0.25, 0.3) is 0 Å². The molecule has 11 heteroatoms. The molecule has 2 fully saturated rings. The van der Waals surface area contributed by atoms with E-state index in [1.54, 1.807) is 0 Å². The highest BCUT2D eigenvalue weighted by Crippen LogP contribution is 2.56. The first-order chi connectivity index (χ1) is 30.0. The number of benzene rings is 4. The standard InChI is InChI=1S/C54H72O9P2/c1-30-19-34-27-35-20-31(2)24-39(51(8,9)10)44(35)60-64(59-43(34)38(23-30)50(5,6)7)55-29-42-47(48-49(56-42)58-54(17,18)57-48)63-65-61-45-36(21-32(3)25-40(45)52(11,12)13)28-37-22-33(4)26-41(46(37)62-65)53(14,15)16/h19-26,42,47-49H,27-29H2,1-18H3/t42-,47+,48-,49-/m1/s1. The second-order valence-corrected chi connectivity index (χ2v) is 25.5. The predicted molar refractivity (Wildman–Crippen MR) is 261 cm³/mol. The summed E-state index contributed by atoms with van der Waals surface area (Å²) in [4.78, 5) is 0. The number of ether oxygens (including phenoxy) is 3. The van der Waals surface area contributed by atoms with Crippen LogP contribution >= 0.6 is 17.2 Å². The highest BCUT2D eigenvalue weighted by molar-refractivity contribution is 7.43. The van der Waals surface area contributed by atoms with E-state index >= 15 is 0 Å². The summed E-state index contributed by atoms with van der Waals surface area (Å²) in [5.41, 5.74) is 12.7. The summed E-state index contributed by atoms with van der Waals surface area (Å²) in [6.45, 7) is 39.1. The highest BCUT2D eigenvalue weighted by Gasteiger charge is 2.57. The van der Waals surface area contributed by atoms with Crippen LogP contribution in [0.5, 0.6) is 23.0 Å². The minimum absolute atomic E-state index is 0.0594. The van der Waals surface area contributed by atoms with Crippen molar-refractivity contribution in [3.8, 4) is 23.0 Å². The van der Waals surface area contributed by atoms with Crippen molar-refractivity contribution in [3.05, 3.63) is 115 Å². The van der Waals surface area contributed by atoms with Crippen molar-refractivity contribution in [2.45, 2.75) is 190 Å². The van der Waals surface area contributed by atoms with Crippen LogP contribution in [0.15, 0.2) is 48.5 Å². The van der Waals surface area contributed by atoms with Gasteiger partial charge in [-0.1, -0.05) is 154 Å². The normalized spacial score (nSPS) is 22.4. The maximum Gasteiger partial charge on any atom is 0.463 e.